The van der Waals surface area contributed by atoms with Gasteiger partial charge in [0.1, 0.15) is 17.6 Å². The summed E-state index contributed by atoms with van der Waals surface area (Å²) in [5.41, 5.74) is 1.37. The van der Waals surface area contributed by atoms with Gasteiger partial charge in [-0.2, -0.15) is 0 Å². The van der Waals surface area contributed by atoms with E-state index >= 15 is 0 Å². The number of aromatic nitrogens is 2. The number of benzene rings is 1. The molecule has 0 aliphatic carbocycles. The lowest BCUT2D eigenvalue weighted by Gasteiger charge is -2.17. The maximum atomic E-state index is 12.5. The van der Waals surface area contributed by atoms with Crippen molar-refractivity contribution < 1.29 is 9.21 Å². The van der Waals surface area contributed by atoms with Crippen LogP contribution >= 0.6 is 0 Å². The van der Waals surface area contributed by atoms with E-state index in [0.29, 0.717) is 17.1 Å². The number of furan rings is 1. The van der Waals surface area contributed by atoms with Crippen molar-refractivity contribution >= 4 is 5.91 Å². The van der Waals surface area contributed by atoms with Gasteiger partial charge in [-0.3, -0.25) is 4.79 Å². The Morgan fingerprint density at radius 1 is 1.13 bits per heavy atom. The Kier molecular flexibility index (Phi) is 4.47. The van der Waals surface area contributed by atoms with Crippen molar-refractivity contribution in [3.63, 3.8) is 0 Å². The van der Waals surface area contributed by atoms with Crippen LogP contribution in [-0.2, 0) is 6.42 Å². The topological polar surface area (TPSA) is 68.0 Å². The van der Waals surface area contributed by atoms with Gasteiger partial charge in [0, 0.05) is 18.8 Å². The quantitative estimate of drug-likeness (QED) is 0.786. The molecule has 5 nitrogen and oxygen atoms in total. The number of aryl methyl sites for hydroxylation is 1. The fourth-order valence-electron chi connectivity index (χ4n) is 2.29. The molecule has 1 aromatic carbocycles. The zero-order valence-corrected chi connectivity index (χ0v) is 12.8. The summed E-state index contributed by atoms with van der Waals surface area (Å²) in [6, 6.07) is 13.0. The number of hydrogen-bond acceptors (Lipinski definition) is 4. The minimum absolute atomic E-state index is 0.238. The van der Waals surface area contributed by atoms with Crippen LogP contribution in [0.1, 0.15) is 40.5 Å². The maximum absolute atomic E-state index is 12.5. The number of carbonyl (C=O) groups is 1. The molecule has 0 radical (unpaired) electrons. The molecular weight excluding hydrogens is 290 g/mol. The molecule has 1 amide bonds. The van der Waals surface area contributed by atoms with Crippen molar-refractivity contribution in [2.45, 2.75) is 19.4 Å². The monoisotopic (exact) mass is 307 g/mol. The van der Waals surface area contributed by atoms with Gasteiger partial charge in [0.25, 0.3) is 5.91 Å². The standard InChI is InChI=1S/C18H17N3O2/c1-2-16-19-11-14(12-20-16)18(22)21-17(15-9-6-10-23-15)13-7-4-3-5-8-13/h3-12,17H,2H2,1H3,(H,21,22)/t17-/m1/s1. The van der Waals surface area contributed by atoms with Gasteiger partial charge >= 0.3 is 0 Å². The van der Waals surface area contributed by atoms with E-state index in [1.165, 1.54) is 0 Å². The molecule has 0 bridgehead atoms. The first-order valence-electron chi connectivity index (χ1n) is 7.48. The van der Waals surface area contributed by atoms with Crippen LogP contribution in [0.3, 0.4) is 0 Å². The zero-order valence-electron chi connectivity index (χ0n) is 12.8. The molecule has 0 saturated heterocycles. The lowest BCUT2D eigenvalue weighted by Crippen LogP contribution is -2.29. The van der Waals surface area contributed by atoms with E-state index in [2.05, 4.69) is 15.3 Å². The number of amides is 1. The molecular formula is C18H17N3O2. The maximum Gasteiger partial charge on any atom is 0.255 e. The van der Waals surface area contributed by atoms with E-state index in [9.17, 15) is 4.79 Å². The molecule has 2 heterocycles. The van der Waals surface area contributed by atoms with Gasteiger partial charge in [0.15, 0.2) is 0 Å². The van der Waals surface area contributed by atoms with Crippen molar-refractivity contribution in [3.8, 4) is 0 Å². The molecule has 5 heteroatoms. The average Bonchev–Trinajstić information content (AvgIpc) is 3.14. The molecule has 3 rings (SSSR count). The number of carbonyl (C=O) groups excluding carboxylic acids is 1. The molecule has 3 aromatic rings. The Labute approximate surface area is 134 Å². The summed E-state index contributed by atoms with van der Waals surface area (Å²) >= 11 is 0. The summed E-state index contributed by atoms with van der Waals surface area (Å²) in [5, 5.41) is 2.98. The summed E-state index contributed by atoms with van der Waals surface area (Å²) in [7, 11) is 0. The van der Waals surface area contributed by atoms with Crippen molar-refractivity contribution in [1.29, 1.82) is 0 Å². The third-order valence-corrected chi connectivity index (χ3v) is 3.52. The van der Waals surface area contributed by atoms with Crippen LogP contribution in [0.2, 0.25) is 0 Å². The second-order valence-electron chi connectivity index (χ2n) is 5.07. The Bertz CT molecular complexity index is 753. The predicted octanol–water partition coefficient (Wildman–Crippen LogP) is 3.15. The molecule has 0 aliphatic heterocycles. The Balaban J connectivity index is 1.85. The van der Waals surface area contributed by atoms with E-state index in [-0.39, 0.29) is 11.9 Å². The summed E-state index contributed by atoms with van der Waals surface area (Å²) in [5.74, 6) is 1.15. The number of nitrogens with zero attached hydrogens (tertiary/aromatic N) is 2. The molecule has 2 aromatic heterocycles. The number of hydrogen-bond donors (Lipinski definition) is 1. The average molecular weight is 307 g/mol. The summed E-state index contributed by atoms with van der Waals surface area (Å²) < 4.78 is 5.48. The zero-order chi connectivity index (χ0) is 16.1. The van der Waals surface area contributed by atoms with E-state index in [1.54, 1.807) is 24.7 Å². The van der Waals surface area contributed by atoms with Crippen molar-refractivity contribution in [2.75, 3.05) is 0 Å². The first-order valence-corrected chi connectivity index (χ1v) is 7.48. The minimum Gasteiger partial charge on any atom is -0.467 e. The molecule has 0 aliphatic rings. The molecule has 0 spiro atoms. The third-order valence-electron chi connectivity index (χ3n) is 3.52. The largest absolute Gasteiger partial charge is 0.467 e. The van der Waals surface area contributed by atoms with E-state index in [4.69, 9.17) is 4.42 Å². The predicted molar refractivity (Wildman–Crippen MR) is 85.9 cm³/mol. The number of nitrogens with one attached hydrogen (secondary N) is 1. The Morgan fingerprint density at radius 3 is 2.48 bits per heavy atom. The van der Waals surface area contributed by atoms with Gasteiger partial charge in [-0.15, -0.1) is 0 Å². The van der Waals surface area contributed by atoms with Gasteiger partial charge in [-0.25, -0.2) is 9.97 Å². The highest BCUT2D eigenvalue weighted by Crippen LogP contribution is 2.22. The molecule has 0 fully saturated rings. The number of rotatable bonds is 5. The van der Waals surface area contributed by atoms with E-state index in [0.717, 1.165) is 12.0 Å². The summed E-state index contributed by atoms with van der Waals surface area (Å²) in [4.78, 5) is 20.8. The smallest absolute Gasteiger partial charge is 0.255 e. The Morgan fingerprint density at radius 2 is 1.87 bits per heavy atom. The van der Waals surface area contributed by atoms with Gasteiger partial charge in [0.2, 0.25) is 0 Å². The van der Waals surface area contributed by atoms with Crippen LogP contribution in [0.4, 0.5) is 0 Å². The van der Waals surface area contributed by atoms with Crippen LogP contribution in [-0.4, -0.2) is 15.9 Å². The first-order chi connectivity index (χ1) is 11.3. The molecule has 23 heavy (non-hydrogen) atoms. The van der Waals surface area contributed by atoms with Gasteiger partial charge in [0.05, 0.1) is 11.8 Å². The fourth-order valence-corrected chi connectivity index (χ4v) is 2.29. The highest BCUT2D eigenvalue weighted by Gasteiger charge is 2.20. The molecule has 116 valence electrons. The van der Waals surface area contributed by atoms with Gasteiger partial charge < -0.3 is 9.73 Å². The SMILES string of the molecule is CCc1ncc(C(=O)N[C@H](c2ccccc2)c2ccco2)cn1. The van der Waals surface area contributed by atoms with Crippen molar-refractivity contribution in [1.82, 2.24) is 15.3 Å². The molecule has 1 N–H and O–H groups in total. The van der Waals surface area contributed by atoms with Gasteiger partial charge in [-0.1, -0.05) is 37.3 Å². The second kappa shape index (κ2) is 6.87. The van der Waals surface area contributed by atoms with Crippen LogP contribution in [0.25, 0.3) is 0 Å². The minimum atomic E-state index is -0.357. The Hall–Kier alpha value is -2.95. The second-order valence-corrected chi connectivity index (χ2v) is 5.07. The van der Waals surface area contributed by atoms with Crippen LogP contribution < -0.4 is 5.32 Å². The first kappa shape index (κ1) is 15.0. The van der Waals surface area contributed by atoms with Gasteiger partial charge in [-0.05, 0) is 17.7 Å². The third kappa shape index (κ3) is 3.45. The molecule has 0 saturated carbocycles. The highest BCUT2D eigenvalue weighted by molar-refractivity contribution is 5.94. The highest BCUT2D eigenvalue weighted by atomic mass is 16.3. The van der Waals surface area contributed by atoms with E-state index in [1.807, 2.05) is 43.3 Å². The molecule has 1 atom stereocenters. The van der Waals surface area contributed by atoms with Crippen LogP contribution in [0.15, 0.2) is 65.5 Å². The van der Waals surface area contributed by atoms with E-state index < -0.39 is 0 Å². The summed E-state index contributed by atoms with van der Waals surface area (Å²) in [6.07, 6.45) is 5.42. The van der Waals surface area contributed by atoms with Crippen LogP contribution in [0.5, 0.6) is 0 Å². The lowest BCUT2D eigenvalue weighted by atomic mass is 10.0. The fraction of sp³-hybridized carbons (Fsp3) is 0.167. The van der Waals surface area contributed by atoms with Crippen molar-refractivity contribution in [3.05, 3.63) is 83.8 Å². The van der Waals surface area contributed by atoms with Crippen LogP contribution in [0, 0.1) is 0 Å². The summed E-state index contributed by atoms with van der Waals surface area (Å²) in [6.45, 7) is 1.97. The lowest BCUT2D eigenvalue weighted by molar-refractivity contribution is 0.0938. The van der Waals surface area contributed by atoms with Crippen molar-refractivity contribution in [2.24, 2.45) is 0 Å². The normalized spacial score (nSPS) is 11.9. The molecule has 0 unspecified atom stereocenters.